The number of carbonyl (C=O) groups excluding carboxylic acids is 2. The van der Waals surface area contributed by atoms with E-state index in [-0.39, 0.29) is 18.0 Å². The van der Waals surface area contributed by atoms with Gasteiger partial charge in [0.1, 0.15) is 11.8 Å². The van der Waals surface area contributed by atoms with Crippen molar-refractivity contribution in [3.63, 3.8) is 0 Å². The number of methoxy groups -OCH3 is 1. The fraction of sp³-hybridized carbons (Fsp3) is 0.455. The molecule has 10 heteroatoms. The number of amides is 3. The van der Waals surface area contributed by atoms with Gasteiger partial charge in [0.2, 0.25) is 5.91 Å². The molecule has 43 heavy (non-hydrogen) atoms. The summed E-state index contributed by atoms with van der Waals surface area (Å²) in [5.41, 5.74) is 3.84. The van der Waals surface area contributed by atoms with Gasteiger partial charge in [0, 0.05) is 63.6 Å². The number of piperazine rings is 1. The lowest BCUT2D eigenvalue weighted by molar-refractivity contribution is -0.127. The van der Waals surface area contributed by atoms with Gasteiger partial charge < -0.3 is 24.8 Å². The summed E-state index contributed by atoms with van der Waals surface area (Å²) >= 11 is 0. The van der Waals surface area contributed by atoms with Gasteiger partial charge in [-0.2, -0.15) is 5.26 Å². The average Bonchev–Trinajstić information content (AvgIpc) is 3.48. The van der Waals surface area contributed by atoms with E-state index in [4.69, 9.17) is 10.00 Å². The first-order valence-electron chi connectivity index (χ1n) is 15.2. The number of benzene rings is 2. The number of hydrogen-bond acceptors (Lipinski definition) is 6. The van der Waals surface area contributed by atoms with Crippen LogP contribution in [-0.4, -0.2) is 76.7 Å². The minimum atomic E-state index is -0.584. The fourth-order valence-corrected chi connectivity index (χ4v) is 5.96. The van der Waals surface area contributed by atoms with Crippen LogP contribution in [-0.2, 0) is 24.3 Å². The molecule has 2 N–H and O–H groups in total. The first-order chi connectivity index (χ1) is 21.0. The largest absolute Gasteiger partial charge is 0.497 e. The zero-order valence-electron chi connectivity index (χ0n) is 24.9. The number of ether oxygens (including phenoxy) is 1. The number of aromatic nitrogens is 2. The Balaban J connectivity index is 1.21. The Morgan fingerprint density at radius 1 is 1.00 bits per heavy atom. The van der Waals surface area contributed by atoms with Crippen molar-refractivity contribution in [2.75, 3.05) is 33.3 Å². The molecule has 1 aromatic heterocycles. The van der Waals surface area contributed by atoms with Crippen molar-refractivity contribution >= 4 is 11.9 Å². The lowest BCUT2D eigenvalue weighted by Gasteiger charge is -2.41. The van der Waals surface area contributed by atoms with Crippen LogP contribution in [0.25, 0.3) is 0 Å². The Morgan fingerprint density at radius 2 is 1.72 bits per heavy atom. The summed E-state index contributed by atoms with van der Waals surface area (Å²) in [5.74, 6) is 0.667. The summed E-state index contributed by atoms with van der Waals surface area (Å²) < 4.78 is 7.34. The third kappa shape index (κ3) is 8.14. The molecule has 2 fully saturated rings. The van der Waals surface area contributed by atoms with E-state index in [0.29, 0.717) is 51.3 Å². The summed E-state index contributed by atoms with van der Waals surface area (Å²) in [4.78, 5) is 35.3. The molecule has 1 aliphatic carbocycles. The number of hydrogen-bond donors (Lipinski definition) is 2. The topological polar surface area (TPSA) is 116 Å². The highest BCUT2D eigenvalue weighted by Gasteiger charge is 2.36. The number of urea groups is 1. The molecule has 1 saturated carbocycles. The molecular weight excluding hydrogens is 542 g/mol. The molecule has 3 aromatic rings. The maximum absolute atomic E-state index is 13.6. The molecule has 226 valence electrons. The van der Waals surface area contributed by atoms with Crippen LogP contribution in [0.3, 0.4) is 0 Å². The molecule has 10 nitrogen and oxygen atoms in total. The Morgan fingerprint density at radius 3 is 2.44 bits per heavy atom. The SMILES string of the molecule is COc1ccc(CN2CCN(C(=O)NC3CCCCC3)[C@@H](C(=O)NCCc3cncn3Cc3ccc(C#N)cc3)C2)cc1. The van der Waals surface area contributed by atoms with Gasteiger partial charge in [0.05, 0.1) is 25.1 Å². The summed E-state index contributed by atoms with van der Waals surface area (Å²) in [7, 11) is 1.65. The van der Waals surface area contributed by atoms with Gasteiger partial charge in [-0.1, -0.05) is 43.5 Å². The Kier molecular flexibility index (Phi) is 10.3. The predicted octanol–water partition coefficient (Wildman–Crippen LogP) is 3.70. The quantitative estimate of drug-likeness (QED) is 0.376. The number of carbonyl (C=O) groups is 2. The van der Waals surface area contributed by atoms with Crippen molar-refractivity contribution in [2.24, 2.45) is 0 Å². The van der Waals surface area contributed by atoms with E-state index < -0.39 is 6.04 Å². The monoisotopic (exact) mass is 583 g/mol. The van der Waals surface area contributed by atoms with Crippen LogP contribution in [0.2, 0.25) is 0 Å². The van der Waals surface area contributed by atoms with Crippen molar-refractivity contribution in [1.82, 2.24) is 30.0 Å². The van der Waals surface area contributed by atoms with Crippen LogP contribution in [0.5, 0.6) is 5.75 Å². The molecule has 0 radical (unpaired) electrons. The highest BCUT2D eigenvalue weighted by atomic mass is 16.5. The lowest BCUT2D eigenvalue weighted by atomic mass is 9.95. The molecule has 1 aliphatic heterocycles. The van der Waals surface area contributed by atoms with E-state index in [1.54, 1.807) is 18.3 Å². The van der Waals surface area contributed by atoms with Crippen molar-refractivity contribution in [3.8, 4) is 11.8 Å². The van der Waals surface area contributed by atoms with Gasteiger partial charge in [0.25, 0.3) is 0 Å². The molecule has 2 aliphatic rings. The maximum Gasteiger partial charge on any atom is 0.318 e. The molecule has 2 heterocycles. The van der Waals surface area contributed by atoms with Gasteiger partial charge in [-0.05, 0) is 48.2 Å². The van der Waals surface area contributed by atoms with E-state index in [0.717, 1.165) is 48.3 Å². The highest BCUT2D eigenvalue weighted by Crippen LogP contribution is 2.20. The second-order valence-corrected chi connectivity index (χ2v) is 11.4. The Labute approximate surface area is 253 Å². The van der Waals surface area contributed by atoms with Gasteiger partial charge in [-0.3, -0.25) is 9.69 Å². The van der Waals surface area contributed by atoms with Gasteiger partial charge in [-0.15, -0.1) is 0 Å². The van der Waals surface area contributed by atoms with Crippen LogP contribution >= 0.6 is 0 Å². The van der Waals surface area contributed by atoms with Crippen molar-refractivity contribution in [2.45, 2.75) is 63.7 Å². The van der Waals surface area contributed by atoms with E-state index in [2.05, 4.69) is 31.2 Å². The van der Waals surface area contributed by atoms with Crippen LogP contribution in [0, 0.1) is 11.3 Å². The third-order valence-corrected chi connectivity index (χ3v) is 8.44. The van der Waals surface area contributed by atoms with Crippen molar-refractivity contribution in [1.29, 1.82) is 5.26 Å². The van der Waals surface area contributed by atoms with Crippen LogP contribution in [0.1, 0.15) is 54.5 Å². The molecule has 5 rings (SSSR count). The smallest absolute Gasteiger partial charge is 0.318 e. The van der Waals surface area contributed by atoms with E-state index in [1.165, 1.54) is 6.42 Å². The standard InChI is InChI=1S/C33H41N7O3/c1-43-30-13-11-26(12-14-30)21-38-17-18-40(33(42)37-28-5-3-2-4-6-28)31(23-38)32(41)36-16-15-29-20-35-24-39(29)22-27-9-7-25(19-34)8-10-27/h7-14,20,24,28,31H,2-6,15-18,21-23H2,1H3,(H,36,41)(H,37,42)/t31-/m1/s1. The highest BCUT2D eigenvalue weighted by molar-refractivity contribution is 5.87. The van der Waals surface area contributed by atoms with Gasteiger partial charge >= 0.3 is 6.03 Å². The number of imidazole rings is 1. The lowest BCUT2D eigenvalue weighted by Crippen LogP contribution is -2.63. The van der Waals surface area contributed by atoms with E-state index in [1.807, 2.05) is 54.7 Å². The molecule has 1 saturated heterocycles. The second kappa shape index (κ2) is 14.7. The fourth-order valence-electron chi connectivity index (χ4n) is 5.96. The minimum absolute atomic E-state index is 0.142. The molecule has 0 spiro atoms. The Hall–Kier alpha value is -4.36. The van der Waals surface area contributed by atoms with Crippen LogP contribution < -0.4 is 15.4 Å². The number of rotatable bonds is 10. The number of nitrogens with one attached hydrogen (secondary N) is 2. The average molecular weight is 584 g/mol. The zero-order chi connectivity index (χ0) is 30.0. The molecular formula is C33H41N7O3. The summed E-state index contributed by atoms with van der Waals surface area (Å²) in [6.07, 6.45) is 9.68. The first kappa shape index (κ1) is 30.1. The predicted molar refractivity (Wildman–Crippen MR) is 163 cm³/mol. The van der Waals surface area contributed by atoms with Gasteiger partial charge in [-0.25, -0.2) is 9.78 Å². The Bertz CT molecular complexity index is 1390. The van der Waals surface area contributed by atoms with Crippen LogP contribution in [0.4, 0.5) is 4.79 Å². The first-order valence-corrected chi connectivity index (χ1v) is 15.2. The van der Waals surface area contributed by atoms with Crippen molar-refractivity contribution in [3.05, 3.63) is 83.4 Å². The molecule has 0 bridgehead atoms. The minimum Gasteiger partial charge on any atom is -0.497 e. The van der Waals surface area contributed by atoms with E-state index >= 15 is 0 Å². The van der Waals surface area contributed by atoms with Crippen molar-refractivity contribution < 1.29 is 14.3 Å². The number of nitriles is 1. The third-order valence-electron chi connectivity index (χ3n) is 8.44. The van der Waals surface area contributed by atoms with Crippen LogP contribution in [0.15, 0.2) is 61.1 Å². The van der Waals surface area contributed by atoms with Gasteiger partial charge in [0.15, 0.2) is 0 Å². The zero-order valence-corrected chi connectivity index (χ0v) is 24.9. The number of nitrogens with zero attached hydrogens (tertiary/aromatic N) is 5. The maximum atomic E-state index is 13.6. The molecule has 0 unspecified atom stereocenters. The summed E-state index contributed by atoms with van der Waals surface area (Å²) in [6, 6.07) is 17.1. The molecule has 1 atom stereocenters. The second-order valence-electron chi connectivity index (χ2n) is 11.4. The summed E-state index contributed by atoms with van der Waals surface area (Å²) in [6.45, 7) is 3.41. The van der Waals surface area contributed by atoms with E-state index in [9.17, 15) is 9.59 Å². The molecule has 2 aromatic carbocycles. The molecule has 3 amide bonds. The normalized spacial score (nSPS) is 17.7. The summed E-state index contributed by atoms with van der Waals surface area (Å²) in [5, 5.41) is 15.4.